The molecule has 0 bridgehead atoms. The van der Waals surface area contributed by atoms with E-state index in [9.17, 15) is 18.3 Å². The number of rotatable bonds is 11. The van der Waals surface area contributed by atoms with Gasteiger partial charge in [0.05, 0.1) is 12.4 Å². The lowest BCUT2D eigenvalue weighted by atomic mass is 10.1. The first-order valence-corrected chi connectivity index (χ1v) is 12.1. The maximum Gasteiger partial charge on any atom is 0.328 e. The number of sulfonamides is 1. The van der Waals surface area contributed by atoms with Gasteiger partial charge in [-0.3, -0.25) is 4.72 Å². The topological polar surface area (TPSA) is 141 Å². The molecule has 9 nitrogen and oxygen atoms in total. The number of benzene rings is 2. The van der Waals surface area contributed by atoms with Crippen LogP contribution in [0, 0.1) is 6.92 Å². The van der Waals surface area contributed by atoms with Gasteiger partial charge in [0, 0.05) is 53.1 Å². The Balaban J connectivity index is 1.50. The minimum atomic E-state index is -3.38. The van der Waals surface area contributed by atoms with Crippen LogP contribution in [0.25, 0.3) is 17.0 Å². The molecule has 3 aromatic rings. The maximum absolute atomic E-state index is 11.4. The fourth-order valence-corrected chi connectivity index (χ4v) is 3.97. The van der Waals surface area contributed by atoms with Crippen LogP contribution >= 0.6 is 0 Å². The van der Waals surface area contributed by atoms with Gasteiger partial charge in [0.2, 0.25) is 10.0 Å². The molecule has 3 rings (SSSR count). The maximum atomic E-state index is 11.4. The van der Waals surface area contributed by atoms with Crippen LogP contribution in [0.4, 0.5) is 5.69 Å². The zero-order chi connectivity index (χ0) is 24.0. The summed E-state index contributed by atoms with van der Waals surface area (Å²) >= 11 is 0. The monoisotopic (exact) mass is 473 g/mol. The zero-order valence-electron chi connectivity index (χ0n) is 18.3. The van der Waals surface area contributed by atoms with Gasteiger partial charge in [-0.1, -0.05) is 12.1 Å². The first-order chi connectivity index (χ1) is 15.6. The number of aromatic nitrogens is 1. The number of aryl methyl sites for hydroxylation is 1. The first-order valence-electron chi connectivity index (χ1n) is 10.2. The zero-order valence-corrected chi connectivity index (χ0v) is 19.1. The summed E-state index contributed by atoms with van der Waals surface area (Å²) in [5.41, 5.74) is 3.53. The van der Waals surface area contributed by atoms with Crippen molar-refractivity contribution in [2.45, 2.75) is 13.0 Å². The molecular weight excluding hydrogens is 446 g/mol. The SMILES string of the molecule is Cc1[nH]c2cc(OCCNC[C@H](O)c3cccc(NS(C)(=O)=O)c3)ccc2c1/C=C/C(=O)O. The second-order valence-corrected chi connectivity index (χ2v) is 9.36. The number of nitrogens with one attached hydrogen (secondary N) is 3. The molecule has 0 saturated heterocycles. The van der Waals surface area contributed by atoms with Crippen molar-refractivity contribution < 1.29 is 28.2 Å². The van der Waals surface area contributed by atoms with E-state index in [1.165, 1.54) is 0 Å². The molecule has 10 heteroatoms. The van der Waals surface area contributed by atoms with Gasteiger partial charge in [-0.25, -0.2) is 13.2 Å². The normalized spacial score (nSPS) is 12.8. The van der Waals surface area contributed by atoms with Crippen molar-refractivity contribution in [2.24, 2.45) is 0 Å². The summed E-state index contributed by atoms with van der Waals surface area (Å²) in [5.74, 6) is -0.334. The van der Waals surface area contributed by atoms with Gasteiger partial charge in [0.1, 0.15) is 12.4 Å². The number of hydrogen-bond donors (Lipinski definition) is 5. The Labute approximate surface area is 192 Å². The third-order valence-corrected chi connectivity index (χ3v) is 5.47. The minimum Gasteiger partial charge on any atom is -0.492 e. The van der Waals surface area contributed by atoms with E-state index in [2.05, 4.69) is 15.0 Å². The molecule has 5 N–H and O–H groups in total. The Bertz CT molecular complexity index is 1270. The molecule has 0 unspecified atom stereocenters. The molecule has 0 aliphatic heterocycles. The highest BCUT2D eigenvalue weighted by atomic mass is 32.2. The number of ether oxygens (including phenoxy) is 1. The van der Waals surface area contributed by atoms with Crippen LogP contribution in [-0.2, 0) is 14.8 Å². The van der Waals surface area contributed by atoms with Crippen LogP contribution in [-0.4, -0.2) is 55.5 Å². The number of hydrogen-bond acceptors (Lipinski definition) is 6. The van der Waals surface area contributed by atoms with Crippen LogP contribution in [0.15, 0.2) is 48.5 Å². The van der Waals surface area contributed by atoms with Gasteiger partial charge in [-0.05, 0) is 42.8 Å². The number of carboxylic acids is 1. The Kier molecular flexibility index (Phi) is 7.75. The fourth-order valence-electron chi connectivity index (χ4n) is 3.41. The lowest BCUT2D eigenvalue weighted by molar-refractivity contribution is -0.131. The standard InChI is InChI=1S/C23H27N3O6S/c1-15-19(8-9-23(28)29)20-7-6-18(13-21(20)25-15)32-11-10-24-14-22(27)16-4-3-5-17(12-16)26-33(2,30)31/h3-9,12-13,22,24-27H,10-11,14H2,1-2H3,(H,28,29)/b9-8+/t22-/m0/s1. The summed E-state index contributed by atoms with van der Waals surface area (Å²) in [6, 6.07) is 12.2. The highest BCUT2D eigenvalue weighted by Gasteiger charge is 2.10. The van der Waals surface area contributed by atoms with Crippen molar-refractivity contribution in [1.29, 1.82) is 0 Å². The summed E-state index contributed by atoms with van der Waals surface area (Å²) in [6.45, 7) is 3.02. The molecule has 1 aromatic heterocycles. The van der Waals surface area contributed by atoms with Gasteiger partial charge < -0.3 is 25.3 Å². The molecule has 0 amide bonds. The average Bonchev–Trinajstić information content (AvgIpc) is 3.05. The molecule has 1 heterocycles. The number of aliphatic hydroxyl groups excluding tert-OH is 1. The van der Waals surface area contributed by atoms with Crippen molar-refractivity contribution in [1.82, 2.24) is 10.3 Å². The van der Waals surface area contributed by atoms with Crippen molar-refractivity contribution in [2.75, 3.05) is 30.7 Å². The molecule has 0 spiro atoms. The Hall–Kier alpha value is -3.34. The van der Waals surface area contributed by atoms with Gasteiger partial charge in [0.25, 0.3) is 0 Å². The molecule has 0 aliphatic carbocycles. The van der Waals surface area contributed by atoms with Crippen LogP contribution in [0.1, 0.15) is 22.9 Å². The summed E-state index contributed by atoms with van der Waals surface area (Å²) in [4.78, 5) is 14.0. The van der Waals surface area contributed by atoms with E-state index in [4.69, 9.17) is 9.84 Å². The number of aliphatic hydroxyl groups is 1. The van der Waals surface area contributed by atoms with Gasteiger partial charge >= 0.3 is 5.97 Å². The molecule has 2 aromatic carbocycles. The van der Waals surface area contributed by atoms with E-state index >= 15 is 0 Å². The number of aliphatic carboxylic acids is 1. The fraction of sp³-hybridized carbons (Fsp3) is 0.261. The molecule has 1 atom stereocenters. The Morgan fingerprint density at radius 3 is 2.76 bits per heavy atom. The number of carbonyl (C=O) groups is 1. The number of H-pyrrole nitrogens is 1. The number of carboxylic acid groups (broad SMARTS) is 1. The minimum absolute atomic E-state index is 0.278. The molecular formula is C23H27N3O6S. The van der Waals surface area contributed by atoms with Crippen molar-refractivity contribution in [3.05, 3.63) is 65.4 Å². The van der Waals surface area contributed by atoms with Gasteiger partial charge in [0.15, 0.2) is 0 Å². The Morgan fingerprint density at radius 2 is 2.03 bits per heavy atom. The van der Waals surface area contributed by atoms with E-state index in [0.29, 0.717) is 30.2 Å². The van der Waals surface area contributed by atoms with Crippen LogP contribution in [0.5, 0.6) is 5.75 Å². The number of fused-ring (bicyclic) bond motifs is 1. The molecule has 0 aliphatic rings. The molecule has 0 fully saturated rings. The second-order valence-electron chi connectivity index (χ2n) is 7.61. The summed E-state index contributed by atoms with van der Waals surface area (Å²) in [6.07, 6.45) is 2.95. The highest BCUT2D eigenvalue weighted by Crippen LogP contribution is 2.27. The third-order valence-electron chi connectivity index (χ3n) is 4.86. The highest BCUT2D eigenvalue weighted by molar-refractivity contribution is 7.92. The van der Waals surface area contributed by atoms with E-state index in [0.717, 1.165) is 34.5 Å². The average molecular weight is 474 g/mol. The summed E-state index contributed by atoms with van der Waals surface area (Å²) in [7, 11) is -3.38. The molecule has 33 heavy (non-hydrogen) atoms. The van der Waals surface area contributed by atoms with Crippen LogP contribution in [0.2, 0.25) is 0 Å². The number of anilines is 1. The van der Waals surface area contributed by atoms with E-state index in [-0.39, 0.29) is 6.54 Å². The molecule has 176 valence electrons. The second kappa shape index (κ2) is 10.5. The summed E-state index contributed by atoms with van der Waals surface area (Å²) in [5, 5.41) is 23.2. The Morgan fingerprint density at radius 1 is 1.24 bits per heavy atom. The first kappa shape index (κ1) is 24.3. The predicted molar refractivity (Wildman–Crippen MR) is 128 cm³/mol. The third kappa shape index (κ3) is 7.07. The van der Waals surface area contributed by atoms with Gasteiger partial charge in [-0.15, -0.1) is 0 Å². The van der Waals surface area contributed by atoms with E-state index in [1.807, 2.05) is 25.1 Å². The quantitative estimate of drug-likeness (QED) is 0.213. The largest absolute Gasteiger partial charge is 0.492 e. The molecule has 0 saturated carbocycles. The van der Waals surface area contributed by atoms with Crippen molar-refractivity contribution in [3.63, 3.8) is 0 Å². The lowest BCUT2D eigenvalue weighted by Gasteiger charge is -2.14. The predicted octanol–water partition coefficient (Wildman–Crippen LogP) is 2.65. The smallest absolute Gasteiger partial charge is 0.328 e. The van der Waals surface area contributed by atoms with Crippen LogP contribution < -0.4 is 14.8 Å². The lowest BCUT2D eigenvalue weighted by Crippen LogP contribution is -2.26. The van der Waals surface area contributed by atoms with E-state index < -0.39 is 22.1 Å². The van der Waals surface area contributed by atoms with Crippen molar-refractivity contribution in [3.8, 4) is 5.75 Å². The number of aromatic amines is 1. The van der Waals surface area contributed by atoms with Gasteiger partial charge in [-0.2, -0.15) is 0 Å². The van der Waals surface area contributed by atoms with E-state index in [1.54, 1.807) is 30.3 Å². The van der Waals surface area contributed by atoms with Crippen LogP contribution in [0.3, 0.4) is 0 Å². The summed E-state index contributed by atoms with van der Waals surface area (Å²) < 4.78 is 30.9. The molecule has 0 radical (unpaired) electrons. The van der Waals surface area contributed by atoms with Crippen molar-refractivity contribution >= 4 is 38.7 Å².